The number of nitriles is 1. The third-order valence-corrected chi connectivity index (χ3v) is 9.23. The molecular formula is C30H30FN5O4S. The van der Waals surface area contributed by atoms with Gasteiger partial charge < -0.3 is 19.1 Å². The molecule has 2 aliphatic rings. The number of pyridine rings is 1. The van der Waals surface area contributed by atoms with Gasteiger partial charge in [0.2, 0.25) is 5.88 Å². The second-order valence-corrected chi connectivity index (χ2v) is 11.6. The lowest BCUT2D eigenvalue weighted by molar-refractivity contribution is -0.0591. The Balaban J connectivity index is 1.10. The van der Waals surface area contributed by atoms with Crippen LogP contribution in [-0.2, 0) is 24.4 Å². The molecule has 1 N–H and O–H groups in total. The molecule has 11 heteroatoms. The molecule has 1 unspecified atom stereocenters. The fraction of sp³-hybridized carbons (Fsp3) is 0.400. The summed E-state index contributed by atoms with van der Waals surface area (Å²) in [5.41, 5.74) is 3.11. The first kappa shape index (κ1) is 27.3. The minimum Gasteiger partial charge on any atom is -0.477 e. The number of carboxylic acids is 1. The molecule has 0 bridgehead atoms. The van der Waals surface area contributed by atoms with Gasteiger partial charge in [-0.1, -0.05) is 12.1 Å². The standard InChI is InChI=1S/C30H30FN5O4S/c1-18-27-29(41-28(18)30(37)38)36(15-22-9-12-39-22)25(34-27)16-35-10-7-20(8-11-35)24-3-2-4-26(33-24)40-17-21-6-5-19(14-32)13-23(21)31/h2-6,13,20,22H,7-12,15-17H2,1H3,(H,37,38). The summed E-state index contributed by atoms with van der Waals surface area (Å²) in [6, 6.07) is 12.0. The lowest BCUT2D eigenvalue weighted by Crippen LogP contribution is -2.35. The molecule has 0 saturated carbocycles. The molecule has 2 saturated heterocycles. The molecule has 3 aromatic heterocycles. The zero-order chi connectivity index (χ0) is 28.5. The smallest absolute Gasteiger partial charge is 0.346 e. The van der Waals surface area contributed by atoms with Crippen LogP contribution in [0.2, 0.25) is 0 Å². The van der Waals surface area contributed by atoms with Crippen molar-refractivity contribution in [3.63, 3.8) is 0 Å². The van der Waals surface area contributed by atoms with Crippen LogP contribution in [0.3, 0.4) is 0 Å². The highest BCUT2D eigenvalue weighted by molar-refractivity contribution is 7.20. The van der Waals surface area contributed by atoms with Crippen LogP contribution in [0.4, 0.5) is 4.39 Å². The van der Waals surface area contributed by atoms with Gasteiger partial charge in [-0.15, -0.1) is 11.3 Å². The fourth-order valence-corrected chi connectivity index (χ4v) is 6.58. The number of nitrogens with zero attached hydrogens (tertiary/aromatic N) is 5. The topological polar surface area (TPSA) is 113 Å². The van der Waals surface area contributed by atoms with E-state index in [2.05, 4.69) is 9.47 Å². The minimum atomic E-state index is -0.912. The highest BCUT2D eigenvalue weighted by Crippen LogP contribution is 2.34. The summed E-state index contributed by atoms with van der Waals surface area (Å²) in [4.78, 5) is 25.0. The minimum absolute atomic E-state index is 0.0376. The number of hydrogen-bond donors (Lipinski definition) is 1. The highest BCUT2D eigenvalue weighted by atomic mass is 32.1. The number of rotatable bonds is 9. The number of likely N-dealkylation sites (tertiary alicyclic amines) is 1. The molecule has 0 radical (unpaired) electrons. The zero-order valence-electron chi connectivity index (χ0n) is 22.7. The summed E-state index contributed by atoms with van der Waals surface area (Å²) in [5.74, 6) is 0.304. The van der Waals surface area contributed by atoms with E-state index in [1.165, 1.54) is 17.4 Å². The van der Waals surface area contributed by atoms with Crippen molar-refractivity contribution in [3.8, 4) is 11.9 Å². The Morgan fingerprint density at radius 1 is 1.24 bits per heavy atom. The van der Waals surface area contributed by atoms with Gasteiger partial charge in [0.15, 0.2) is 0 Å². The SMILES string of the molecule is Cc1c(C(=O)O)sc2c1nc(CN1CCC(c3cccc(OCc4ccc(C#N)cc4F)n3)CC1)n2CC1CCO1. The monoisotopic (exact) mass is 575 g/mol. The van der Waals surface area contributed by atoms with Crippen molar-refractivity contribution in [1.82, 2.24) is 19.4 Å². The van der Waals surface area contributed by atoms with E-state index in [4.69, 9.17) is 24.7 Å². The van der Waals surface area contributed by atoms with E-state index >= 15 is 0 Å². The second kappa shape index (κ2) is 11.6. The predicted molar refractivity (Wildman–Crippen MR) is 151 cm³/mol. The van der Waals surface area contributed by atoms with Crippen LogP contribution in [0.5, 0.6) is 5.88 Å². The van der Waals surface area contributed by atoms with Crippen molar-refractivity contribution in [2.75, 3.05) is 19.7 Å². The van der Waals surface area contributed by atoms with Gasteiger partial charge in [-0.05, 0) is 57.5 Å². The maximum absolute atomic E-state index is 14.2. The average Bonchev–Trinajstić information content (AvgIpc) is 3.46. The summed E-state index contributed by atoms with van der Waals surface area (Å²) < 4.78 is 27.9. The molecule has 41 heavy (non-hydrogen) atoms. The van der Waals surface area contributed by atoms with E-state index in [9.17, 15) is 14.3 Å². The molecule has 0 spiro atoms. The van der Waals surface area contributed by atoms with E-state index in [1.54, 1.807) is 18.2 Å². The van der Waals surface area contributed by atoms with Gasteiger partial charge in [-0.3, -0.25) is 4.90 Å². The quantitative estimate of drug-likeness (QED) is 0.288. The Kier molecular flexibility index (Phi) is 7.71. The van der Waals surface area contributed by atoms with Crippen LogP contribution in [0.1, 0.15) is 63.1 Å². The van der Waals surface area contributed by atoms with Crippen LogP contribution in [0, 0.1) is 24.1 Å². The molecule has 0 aliphatic carbocycles. The van der Waals surface area contributed by atoms with Crippen molar-refractivity contribution < 1.29 is 23.8 Å². The first-order chi connectivity index (χ1) is 19.9. The number of benzene rings is 1. The number of ether oxygens (including phenoxy) is 2. The Morgan fingerprint density at radius 2 is 2.05 bits per heavy atom. The summed E-state index contributed by atoms with van der Waals surface area (Å²) in [7, 11) is 0. The van der Waals surface area contributed by atoms with Crippen LogP contribution in [0.15, 0.2) is 36.4 Å². The molecule has 9 nitrogen and oxygen atoms in total. The van der Waals surface area contributed by atoms with Gasteiger partial charge in [0.1, 0.15) is 33.5 Å². The zero-order valence-corrected chi connectivity index (χ0v) is 23.5. The predicted octanol–water partition coefficient (Wildman–Crippen LogP) is 5.26. The number of aromatic nitrogens is 3. The third-order valence-electron chi connectivity index (χ3n) is 7.94. The molecule has 0 amide bonds. The number of fused-ring (bicyclic) bond motifs is 1. The van der Waals surface area contributed by atoms with Crippen LogP contribution in [0.25, 0.3) is 10.3 Å². The van der Waals surface area contributed by atoms with E-state index in [1.807, 2.05) is 25.1 Å². The highest BCUT2D eigenvalue weighted by Gasteiger charge is 2.28. The molecular weight excluding hydrogens is 545 g/mol. The molecule has 6 rings (SSSR count). The first-order valence-corrected chi connectivity index (χ1v) is 14.5. The van der Waals surface area contributed by atoms with Crippen molar-refractivity contribution in [2.45, 2.75) is 57.9 Å². The van der Waals surface area contributed by atoms with E-state index in [0.29, 0.717) is 29.4 Å². The maximum Gasteiger partial charge on any atom is 0.346 e. The third kappa shape index (κ3) is 5.68. The van der Waals surface area contributed by atoms with Crippen LogP contribution < -0.4 is 4.74 Å². The second-order valence-electron chi connectivity index (χ2n) is 10.6. The number of hydrogen-bond acceptors (Lipinski definition) is 8. The Hall–Kier alpha value is -3.85. The molecule has 1 aromatic carbocycles. The Labute approximate surface area is 240 Å². The number of halogens is 1. The number of carbonyl (C=O) groups is 1. The summed E-state index contributed by atoms with van der Waals surface area (Å²) in [5, 5.41) is 18.5. The van der Waals surface area contributed by atoms with Crippen molar-refractivity contribution in [1.29, 1.82) is 5.26 Å². The van der Waals surface area contributed by atoms with Crippen molar-refractivity contribution in [2.24, 2.45) is 0 Å². The number of thiophene rings is 1. The maximum atomic E-state index is 14.2. The lowest BCUT2D eigenvalue weighted by Gasteiger charge is -2.32. The van der Waals surface area contributed by atoms with Gasteiger partial charge in [-0.25, -0.2) is 19.2 Å². The summed E-state index contributed by atoms with van der Waals surface area (Å²) >= 11 is 1.29. The fourth-order valence-electron chi connectivity index (χ4n) is 5.47. The molecule has 4 aromatic rings. The van der Waals surface area contributed by atoms with Gasteiger partial charge in [0, 0.05) is 35.4 Å². The molecule has 212 valence electrons. The molecule has 2 fully saturated rings. The number of imidazole rings is 1. The normalized spacial score (nSPS) is 17.8. The Morgan fingerprint density at radius 3 is 2.73 bits per heavy atom. The molecule has 1 atom stereocenters. The largest absolute Gasteiger partial charge is 0.477 e. The molecule has 2 aliphatic heterocycles. The van der Waals surface area contributed by atoms with Crippen LogP contribution >= 0.6 is 11.3 Å². The number of carboxylic acid groups (broad SMARTS) is 1. The van der Waals surface area contributed by atoms with Gasteiger partial charge in [0.25, 0.3) is 0 Å². The van der Waals surface area contributed by atoms with E-state index in [-0.39, 0.29) is 24.2 Å². The Bertz CT molecular complexity index is 1630. The van der Waals surface area contributed by atoms with Crippen molar-refractivity contribution >= 4 is 27.7 Å². The van der Waals surface area contributed by atoms with Gasteiger partial charge in [-0.2, -0.15) is 5.26 Å². The van der Waals surface area contributed by atoms with Crippen molar-refractivity contribution in [3.05, 3.63) is 75.3 Å². The van der Waals surface area contributed by atoms with Crippen LogP contribution in [-0.4, -0.2) is 56.3 Å². The van der Waals surface area contributed by atoms with Gasteiger partial charge in [0.05, 0.1) is 30.8 Å². The van der Waals surface area contributed by atoms with E-state index < -0.39 is 11.8 Å². The number of aromatic carboxylic acids is 1. The lowest BCUT2D eigenvalue weighted by atomic mass is 9.93. The number of piperidine rings is 1. The number of aryl methyl sites for hydroxylation is 1. The summed E-state index contributed by atoms with van der Waals surface area (Å²) in [6.07, 6.45) is 3.01. The molecule has 5 heterocycles. The van der Waals surface area contributed by atoms with E-state index in [0.717, 1.165) is 66.4 Å². The first-order valence-electron chi connectivity index (χ1n) is 13.7. The van der Waals surface area contributed by atoms with Gasteiger partial charge >= 0.3 is 5.97 Å². The summed E-state index contributed by atoms with van der Waals surface area (Å²) in [6.45, 7) is 5.78. The average molecular weight is 576 g/mol.